The van der Waals surface area contributed by atoms with Crippen molar-refractivity contribution >= 4 is 0 Å². The highest BCUT2D eigenvalue weighted by atomic mass is 15.3. The Labute approximate surface area is 148 Å². The second-order valence-electron chi connectivity index (χ2n) is 7.77. The van der Waals surface area contributed by atoms with Crippen LogP contribution in [-0.2, 0) is 0 Å². The van der Waals surface area contributed by atoms with Crippen LogP contribution >= 0.6 is 0 Å². The first kappa shape index (κ1) is 23.0. The molecule has 0 radical (unpaired) electrons. The molecule has 1 nitrogen and oxygen atoms in total. The molecule has 0 unspecified atom stereocenters. The highest BCUT2D eigenvalue weighted by Crippen LogP contribution is 2.18. The van der Waals surface area contributed by atoms with E-state index in [-0.39, 0.29) is 0 Å². The normalized spacial score (nSPS) is 12.0. The molecule has 23 heavy (non-hydrogen) atoms. The summed E-state index contributed by atoms with van der Waals surface area (Å²) in [5, 5.41) is 0. The van der Waals surface area contributed by atoms with Crippen LogP contribution in [0, 0.1) is 0 Å². The van der Waals surface area contributed by atoms with Crippen molar-refractivity contribution < 1.29 is 4.48 Å². The minimum absolute atomic E-state index is 1.36. The Kier molecular flexibility index (Phi) is 16.8. The minimum atomic E-state index is 1.36. The summed E-state index contributed by atoms with van der Waals surface area (Å²) in [4.78, 5) is 0. The van der Waals surface area contributed by atoms with Crippen LogP contribution in [0.5, 0.6) is 0 Å². The Morgan fingerprint density at radius 1 is 0.348 bits per heavy atom. The lowest BCUT2D eigenvalue weighted by atomic mass is 10.1. The average Bonchev–Trinajstić information content (AvgIpc) is 2.55. The van der Waals surface area contributed by atoms with Gasteiger partial charge in [0.25, 0.3) is 0 Å². The van der Waals surface area contributed by atoms with Gasteiger partial charge in [-0.1, -0.05) is 66.2 Å². The molecule has 0 aromatic rings. The van der Waals surface area contributed by atoms with Gasteiger partial charge < -0.3 is 4.48 Å². The van der Waals surface area contributed by atoms with E-state index in [2.05, 4.69) is 27.7 Å². The zero-order chi connectivity index (χ0) is 17.2. The van der Waals surface area contributed by atoms with Crippen LogP contribution in [0.15, 0.2) is 0 Å². The third-order valence-electron chi connectivity index (χ3n) is 5.44. The van der Waals surface area contributed by atoms with Crippen molar-refractivity contribution in [1.82, 2.24) is 0 Å². The molecule has 0 rings (SSSR count). The van der Waals surface area contributed by atoms with Gasteiger partial charge in [-0.05, 0) is 51.4 Å². The van der Waals surface area contributed by atoms with Crippen molar-refractivity contribution in [3.8, 4) is 0 Å². The summed E-state index contributed by atoms with van der Waals surface area (Å²) in [6, 6.07) is 0. The van der Waals surface area contributed by atoms with E-state index in [4.69, 9.17) is 0 Å². The smallest absolute Gasteiger partial charge is 0.0786 e. The summed E-state index contributed by atoms with van der Waals surface area (Å²) in [6.45, 7) is 15.2. The van der Waals surface area contributed by atoms with Gasteiger partial charge >= 0.3 is 0 Å². The Balaban J connectivity index is 4.52. The zero-order valence-electron chi connectivity index (χ0n) is 17.2. The van der Waals surface area contributed by atoms with Crippen molar-refractivity contribution in [2.45, 2.75) is 118 Å². The summed E-state index contributed by atoms with van der Waals surface area (Å²) in [6.07, 6.45) is 19.9. The van der Waals surface area contributed by atoms with E-state index in [1.165, 1.54) is 121 Å². The Hall–Kier alpha value is -0.0400. The van der Waals surface area contributed by atoms with E-state index in [9.17, 15) is 0 Å². The van der Waals surface area contributed by atoms with Gasteiger partial charge in [0.05, 0.1) is 26.2 Å². The van der Waals surface area contributed by atoms with Gasteiger partial charge in [0.2, 0.25) is 0 Å². The Bertz CT molecular complexity index is 197. The second kappa shape index (κ2) is 16.8. The lowest BCUT2D eigenvalue weighted by Gasteiger charge is -2.39. The molecular formula is C22H48N+. The standard InChI is InChI=1S/C22H48N/c1-5-9-13-14-18-22-23(19-15-10-6-2,20-16-11-7-3)21-17-12-8-4/h5-22H2,1-4H3/q+1. The molecule has 0 N–H and O–H groups in total. The fraction of sp³-hybridized carbons (Fsp3) is 1.00. The van der Waals surface area contributed by atoms with Crippen molar-refractivity contribution in [2.24, 2.45) is 0 Å². The summed E-state index contributed by atoms with van der Waals surface area (Å²) >= 11 is 0. The fourth-order valence-corrected chi connectivity index (χ4v) is 3.81. The quantitative estimate of drug-likeness (QED) is 0.182. The van der Waals surface area contributed by atoms with Crippen LogP contribution in [0.3, 0.4) is 0 Å². The van der Waals surface area contributed by atoms with Gasteiger partial charge in [0.1, 0.15) is 0 Å². The molecule has 0 aromatic heterocycles. The first-order chi connectivity index (χ1) is 11.2. The molecule has 0 aliphatic rings. The summed E-state index contributed by atoms with van der Waals surface area (Å²) in [7, 11) is 0. The maximum atomic E-state index is 2.34. The third-order valence-corrected chi connectivity index (χ3v) is 5.44. The summed E-state index contributed by atoms with van der Waals surface area (Å²) in [5.41, 5.74) is 0. The predicted octanol–water partition coefficient (Wildman–Crippen LogP) is 7.34. The van der Waals surface area contributed by atoms with Crippen LogP contribution < -0.4 is 0 Å². The molecule has 0 amide bonds. The lowest BCUT2D eigenvalue weighted by molar-refractivity contribution is -0.929. The first-order valence-electron chi connectivity index (χ1n) is 11.1. The molecule has 140 valence electrons. The molecule has 0 aliphatic heterocycles. The number of nitrogens with zero attached hydrogens (tertiary/aromatic N) is 1. The average molecular weight is 327 g/mol. The first-order valence-corrected chi connectivity index (χ1v) is 11.1. The van der Waals surface area contributed by atoms with Gasteiger partial charge in [0.15, 0.2) is 0 Å². The number of hydrogen-bond acceptors (Lipinski definition) is 0. The van der Waals surface area contributed by atoms with Crippen molar-refractivity contribution in [1.29, 1.82) is 0 Å². The van der Waals surface area contributed by atoms with Crippen LogP contribution in [0.1, 0.15) is 118 Å². The van der Waals surface area contributed by atoms with E-state index in [1.807, 2.05) is 0 Å². The molecule has 0 aliphatic carbocycles. The van der Waals surface area contributed by atoms with E-state index in [0.29, 0.717) is 0 Å². The van der Waals surface area contributed by atoms with Crippen molar-refractivity contribution in [2.75, 3.05) is 26.2 Å². The monoisotopic (exact) mass is 326 g/mol. The predicted molar refractivity (Wildman–Crippen MR) is 107 cm³/mol. The Morgan fingerprint density at radius 3 is 0.957 bits per heavy atom. The van der Waals surface area contributed by atoms with Crippen molar-refractivity contribution in [3.05, 3.63) is 0 Å². The summed E-state index contributed by atoms with van der Waals surface area (Å²) < 4.78 is 1.45. The lowest BCUT2D eigenvalue weighted by Crippen LogP contribution is -2.50. The third kappa shape index (κ3) is 13.0. The molecule has 0 bridgehead atoms. The molecule has 0 fully saturated rings. The zero-order valence-corrected chi connectivity index (χ0v) is 17.2. The molecule has 0 atom stereocenters. The van der Waals surface area contributed by atoms with Crippen LogP contribution in [0.4, 0.5) is 0 Å². The number of unbranched alkanes of at least 4 members (excludes halogenated alkanes) is 10. The minimum Gasteiger partial charge on any atom is -0.324 e. The maximum Gasteiger partial charge on any atom is 0.0786 e. The van der Waals surface area contributed by atoms with Crippen molar-refractivity contribution in [3.63, 3.8) is 0 Å². The van der Waals surface area contributed by atoms with Gasteiger partial charge in [-0.3, -0.25) is 0 Å². The van der Waals surface area contributed by atoms with Gasteiger partial charge in [-0.15, -0.1) is 0 Å². The number of quaternary nitrogens is 1. The molecule has 0 spiro atoms. The molecular weight excluding hydrogens is 278 g/mol. The fourth-order valence-electron chi connectivity index (χ4n) is 3.81. The van der Waals surface area contributed by atoms with E-state index < -0.39 is 0 Å². The van der Waals surface area contributed by atoms with Gasteiger partial charge in [-0.2, -0.15) is 0 Å². The maximum absolute atomic E-state index is 2.34. The second-order valence-corrected chi connectivity index (χ2v) is 7.77. The van der Waals surface area contributed by atoms with Gasteiger partial charge in [-0.25, -0.2) is 0 Å². The molecule has 0 saturated heterocycles. The highest BCUT2D eigenvalue weighted by Gasteiger charge is 2.25. The molecule has 0 aromatic carbocycles. The Morgan fingerprint density at radius 2 is 0.609 bits per heavy atom. The summed E-state index contributed by atoms with van der Waals surface area (Å²) in [5.74, 6) is 0. The van der Waals surface area contributed by atoms with E-state index in [0.717, 1.165) is 0 Å². The molecule has 0 saturated carbocycles. The number of hydrogen-bond donors (Lipinski definition) is 0. The van der Waals surface area contributed by atoms with Gasteiger partial charge in [0, 0.05) is 0 Å². The number of rotatable bonds is 18. The largest absolute Gasteiger partial charge is 0.324 e. The molecule has 1 heteroatoms. The topological polar surface area (TPSA) is 0 Å². The molecule has 0 heterocycles. The van der Waals surface area contributed by atoms with Crippen LogP contribution in [0.25, 0.3) is 0 Å². The van der Waals surface area contributed by atoms with E-state index >= 15 is 0 Å². The van der Waals surface area contributed by atoms with Crippen LogP contribution in [-0.4, -0.2) is 30.7 Å². The SMILES string of the molecule is CCCCCCC[N+](CCCCC)(CCCCC)CCCCC. The van der Waals surface area contributed by atoms with Crippen LogP contribution in [0.2, 0.25) is 0 Å². The highest BCUT2D eigenvalue weighted by molar-refractivity contribution is 4.52. The van der Waals surface area contributed by atoms with E-state index in [1.54, 1.807) is 0 Å².